The zero-order valence-corrected chi connectivity index (χ0v) is 8.90. The smallest absolute Gasteiger partial charge is 0.303 e. The normalized spacial score (nSPS) is 9.81. The standard InChI is InChI=1S/C12H12O4/c1-8-3-2-4-9(7-8)12(16)10(13)5-6-11(14)15/h2-4,7H,5-6H2,1H3,(H,14,15). The first kappa shape index (κ1) is 12.1. The third kappa shape index (κ3) is 3.31. The number of aliphatic carboxylic acids is 1. The maximum absolute atomic E-state index is 11.6. The highest BCUT2D eigenvalue weighted by atomic mass is 16.4. The van der Waals surface area contributed by atoms with E-state index < -0.39 is 17.5 Å². The molecule has 0 aliphatic heterocycles. The summed E-state index contributed by atoms with van der Waals surface area (Å²) in [6.45, 7) is 1.82. The number of Topliss-reactive ketones (excluding diaryl/α,β-unsaturated/α-hetero) is 2. The van der Waals surface area contributed by atoms with Gasteiger partial charge >= 0.3 is 5.97 Å². The van der Waals surface area contributed by atoms with Crippen LogP contribution < -0.4 is 0 Å². The summed E-state index contributed by atoms with van der Waals surface area (Å²) < 4.78 is 0. The number of benzene rings is 1. The van der Waals surface area contributed by atoms with Crippen LogP contribution in [0.1, 0.15) is 28.8 Å². The molecule has 0 aliphatic rings. The third-order valence-corrected chi connectivity index (χ3v) is 2.10. The molecule has 84 valence electrons. The third-order valence-electron chi connectivity index (χ3n) is 2.10. The van der Waals surface area contributed by atoms with Crippen LogP contribution in [0.25, 0.3) is 0 Å². The van der Waals surface area contributed by atoms with Crippen LogP contribution in [-0.4, -0.2) is 22.6 Å². The number of hydrogen-bond donors (Lipinski definition) is 1. The fourth-order valence-electron chi connectivity index (χ4n) is 1.28. The van der Waals surface area contributed by atoms with E-state index in [2.05, 4.69) is 0 Å². The fraction of sp³-hybridized carbons (Fsp3) is 0.250. The molecule has 1 aromatic carbocycles. The van der Waals surface area contributed by atoms with Crippen molar-refractivity contribution in [1.29, 1.82) is 0 Å². The van der Waals surface area contributed by atoms with Crippen LogP contribution >= 0.6 is 0 Å². The molecule has 16 heavy (non-hydrogen) atoms. The van der Waals surface area contributed by atoms with E-state index in [1.165, 1.54) is 0 Å². The molecule has 0 aromatic heterocycles. The second-order valence-corrected chi connectivity index (χ2v) is 3.52. The molecule has 0 aliphatic carbocycles. The maximum Gasteiger partial charge on any atom is 0.303 e. The van der Waals surface area contributed by atoms with Gasteiger partial charge in [0.2, 0.25) is 11.6 Å². The number of carboxylic acids is 1. The van der Waals surface area contributed by atoms with Crippen LogP contribution in [0.4, 0.5) is 0 Å². The van der Waals surface area contributed by atoms with Gasteiger partial charge in [-0.25, -0.2) is 0 Å². The first-order valence-corrected chi connectivity index (χ1v) is 4.86. The van der Waals surface area contributed by atoms with Crippen molar-refractivity contribution in [3.63, 3.8) is 0 Å². The van der Waals surface area contributed by atoms with Gasteiger partial charge in [0.1, 0.15) is 0 Å². The van der Waals surface area contributed by atoms with Crippen molar-refractivity contribution in [3.8, 4) is 0 Å². The van der Waals surface area contributed by atoms with Crippen LogP contribution in [-0.2, 0) is 9.59 Å². The summed E-state index contributed by atoms with van der Waals surface area (Å²) >= 11 is 0. The highest BCUT2D eigenvalue weighted by Crippen LogP contribution is 2.07. The number of aryl methyl sites for hydroxylation is 1. The average Bonchev–Trinajstić information content (AvgIpc) is 2.24. The Morgan fingerprint density at radius 2 is 1.88 bits per heavy atom. The lowest BCUT2D eigenvalue weighted by molar-refractivity contribution is -0.138. The van der Waals surface area contributed by atoms with E-state index in [4.69, 9.17) is 5.11 Å². The van der Waals surface area contributed by atoms with E-state index in [0.717, 1.165) is 5.56 Å². The van der Waals surface area contributed by atoms with E-state index in [0.29, 0.717) is 5.56 Å². The molecule has 0 fully saturated rings. The van der Waals surface area contributed by atoms with Gasteiger partial charge in [-0.05, 0) is 13.0 Å². The van der Waals surface area contributed by atoms with Gasteiger partial charge in [0, 0.05) is 12.0 Å². The molecule has 0 spiro atoms. The number of hydrogen-bond acceptors (Lipinski definition) is 3. The molecule has 4 nitrogen and oxygen atoms in total. The number of carboxylic acid groups (broad SMARTS) is 1. The summed E-state index contributed by atoms with van der Waals surface area (Å²) in [4.78, 5) is 33.2. The maximum atomic E-state index is 11.6. The molecule has 0 amide bonds. The van der Waals surface area contributed by atoms with Crippen LogP contribution in [0.15, 0.2) is 24.3 Å². The average molecular weight is 220 g/mol. The Hall–Kier alpha value is -1.97. The lowest BCUT2D eigenvalue weighted by Gasteiger charge is -2.00. The molecule has 0 heterocycles. The summed E-state index contributed by atoms with van der Waals surface area (Å²) in [6.07, 6.45) is -0.557. The Kier molecular flexibility index (Phi) is 3.94. The van der Waals surface area contributed by atoms with Gasteiger partial charge in [-0.3, -0.25) is 14.4 Å². The summed E-state index contributed by atoms with van der Waals surface area (Å²) in [7, 11) is 0. The zero-order valence-electron chi connectivity index (χ0n) is 8.90. The minimum absolute atomic E-state index is 0.248. The van der Waals surface area contributed by atoms with Gasteiger partial charge < -0.3 is 5.11 Å². The lowest BCUT2D eigenvalue weighted by atomic mass is 10.0. The van der Waals surface area contributed by atoms with Gasteiger partial charge in [0.25, 0.3) is 0 Å². The van der Waals surface area contributed by atoms with E-state index in [9.17, 15) is 14.4 Å². The van der Waals surface area contributed by atoms with Crippen molar-refractivity contribution >= 4 is 17.5 Å². The Bertz CT molecular complexity index is 434. The second-order valence-electron chi connectivity index (χ2n) is 3.52. The van der Waals surface area contributed by atoms with Crippen molar-refractivity contribution in [2.45, 2.75) is 19.8 Å². The SMILES string of the molecule is Cc1cccc(C(=O)C(=O)CCC(=O)O)c1. The topological polar surface area (TPSA) is 71.4 Å². The van der Waals surface area contributed by atoms with Crippen molar-refractivity contribution in [1.82, 2.24) is 0 Å². The Morgan fingerprint density at radius 1 is 1.19 bits per heavy atom. The summed E-state index contributed by atoms with van der Waals surface area (Å²) in [5, 5.41) is 8.40. The van der Waals surface area contributed by atoms with E-state index >= 15 is 0 Å². The second kappa shape index (κ2) is 5.21. The number of carbonyl (C=O) groups is 3. The van der Waals surface area contributed by atoms with Crippen LogP contribution in [0, 0.1) is 6.92 Å². The van der Waals surface area contributed by atoms with Crippen LogP contribution in [0.2, 0.25) is 0 Å². The highest BCUT2D eigenvalue weighted by molar-refractivity contribution is 6.43. The Balaban J connectivity index is 2.71. The molecule has 0 atom stereocenters. The molecular formula is C12H12O4. The molecule has 1 rings (SSSR count). The van der Waals surface area contributed by atoms with Crippen LogP contribution in [0.5, 0.6) is 0 Å². The van der Waals surface area contributed by atoms with Crippen LogP contribution in [0.3, 0.4) is 0 Å². The van der Waals surface area contributed by atoms with E-state index in [1.807, 2.05) is 13.0 Å². The lowest BCUT2D eigenvalue weighted by Crippen LogP contribution is -2.15. The predicted molar refractivity (Wildman–Crippen MR) is 57.4 cm³/mol. The van der Waals surface area contributed by atoms with Gasteiger partial charge in [0.15, 0.2) is 0 Å². The molecular weight excluding hydrogens is 208 g/mol. The molecule has 0 unspecified atom stereocenters. The van der Waals surface area contributed by atoms with E-state index in [1.54, 1.807) is 18.2 Å². The minimum atomic E-state index is -1.08. The first-order valence-electron chi connectivity index (χ1n) is 4.86. The largest absolute Gasteiger partial charge is 0.481 e. The van der Waals surface area contributed by atoms with Gasteiger partial charge in [0.05, 0.1) is 6.42 Å². The fourth-order valence-corrected chi connectivity index (χ4v) is 1.28. The molecule has 0 saturated heterocycles. The summed E-state index contributed by atoms with van der Waals surface area (Å²) in [5.74, 6) is -2.36. The van der Waals surface area contributed by atoms with E-state index in [-0.39, 0.29) is 12.8 Å². The molecule has 0 radical (unpaired) electrons. The molecule has 0 saturated carbocycles. The molecule has 0 bridgehead atoms. The molecule has 1 aromatic rings. The monoisotopic (exact) mass is 220 g/mol. The first-order chi connectivity index (χ1) is 7.50. The molecule has 4 heteroatoms. The van der Waals surface area contributed by atoms with Crippen molar-refractivity contribution in [3.05, 3.63) is 35.4 Å². The number of rotatable bonds is 5. The number of ketones is 2. The summed E-state index contributed by atoms with van der Waals surface area (Å²) in [6, 6.07) is 6.67. The predicted octanol–water partition coefficient (Wildman–Crippen LogP) is 1.61. The van der Waals surface area contributed by atoms with Crippen molar-refractivity contribution < 1.29 is 19.5 Å². The Morgan fingerprint density at radius 3 is 2.44 bits per heavy atom. The summed E-state index contributed by atoms with van der Waals surface area (Å²) in [5.41, 5.74) is 1.20. The number of carbonyl (C=O) groups excluding carboxylic acids is 2. The highest BCUT2D eigenvalue weighted by Gasteiger charge is 2.16. The quantitative estimate of drug-likeness (QED) is 0.604. The zero-order chi connectivity index (χ0) is 12.1. The van der Waals surface area contributed by atoms with Gasteiger partial charge in [-0.15, -0.1) is 0 Å². The van der Waals surface area contributed by atoms with Gasteiger partial charge in [-0.1, -0.05) is 23.8 Å². The Labute approximate surface area is 92.9 Å². The minimum Gasteiger partial charge on any atom is -0.481 e. The van der Waals surface area contributed by atoms with Crippen molar-refractivity contribution in [2.75, 3.05) is 0 Å². The van der Waals surface area contributed by atoms with Crippen molar-refractivity contribution in [2.24, 2.45) is 0 Å². The molecule has 1 N–H and O–H groups in total. The van der Waals surface area contributed by atoms with Gasteiger partial charge in [-0.2, -0.15) is 0 Å².